The first-order valence-electron chi connectivity index (χ1n) is 29.5. The Kier molecular flexibility index (Phi) is 29.4. The van der Waals surface area contributed by atoms with Gasteiger partial charge in [0, 0.05) is 91.8 Å². The maximum absolute atomic E-state index is 13.6. The lowest BCUT2D eigenvalue weighted by Crippen LogP contribution is -2.56. The molecule has 12 unspecified atom stereocenters. The van der Waals surface area contributed by atoms with Gasteiger partial charge in [-0.3, -0.25) is 54.6 Å². The lowest BCUT2D eigenvalue weighted by atomic mass is 9.93. The minimum Gasteiger partial charge on any atom is -0.369 e. The Hall–Kier alpha value is -6.70. The van der Waals surface area contributed by atoms with Crippen LogP contribution >= 0.6 is 71.7 Å². The summed E-state index contributed by atoms with van der Waals surface area (Å²) < 4.78 is 171. The van der Waals surface area contributed by atoms with Crippen molar-refractivity contribution < 1.29 is 101 Å². The number of nitrogens with zero attached hydrogens (tertiary/aromatic N) is 6. The van der Waals surface area contributed by atoms with Crippen molar-refractivity contribution in [3.63, 3.8) is 0 Å². The van der Waals surface area contributed by atoms with Crippen LogP contribution in [0.3, 0.4) is 0 Å². The van der Waals surface area contributed by atoms with Gasteiger partial charge in [-0.2, -0.15) is 0 Å². The van der Waals surface area contributed by atoms with Gasteiger partial charge in [0.15, 0.2) is 59.9 Å². The summed E-state index contributed by atoms with van der Waals surface area (Å²) in [6, 6.07) is 24.4. The number of carbonyl (C=O) groups excluding carboxylic acids is 6. The Morgan fingerprint density at radius 1 is 0.280 bits per heavy atom. The van der Waals surface area contributed by atoms with Gasteiger partial charge in [0.2, 0.25) is 0 Å². The molecule has 6 fully saturated rings. The number of β-lactam (4-membered cyclic amide) rings is 6. The molecule has 12 rings (SSSR count). The Morgan fingerprint density at radius 2 is 0.600 bits per heavy atom. The molecule has 6 saturated heterocycles. The van der Waals surface area contributed by atoms with Crippen molar-refractivity contribution >= 4 is 107 Å². The van der Waals surface area contributed by atoms with Gasteiger partial charge in [0.1, 0.15) is 71.2 Å². The van der Waals surface area contributed by atoms with E-state index in [1.54, 1.807) is 57.9 Å². The van der Waals surface area contributed by atoms with E-state index in [0.29, 0.717) is 11.1 Å². The summed E-state index contributed by atoms with van der Waals surface area (Å²) in [6.07, 6.45) is 6.74. The second kappa shape index (κ2) is 36.4. The fourth-order valence-corrected chi connectivity index (χ4v) is 15.8. The quantitative estimate of drug-likeness (QED) is 0.0450. The highest BCUT2D eigenvalue weighted by Gasteiger charge is 2.54. The van der Waals surface area contributed by atoms with E-state index in [0.717, 1.165) is 47.3 Å². The first-order valence-corrected chi connectivity index (χ1v) is 36.6. The average molecular weight is 1520 g/mol. The fraction of sp³-hybridized carbons (Fsp3) is 0.364. The number of rotatable bonds is 18. The molecule has 6 aromatic carbocycles. The highest BCUT2D eigenvalue weighted by molar-refractivity contribution is 7.98. The highest BCUT2D eigenvalue weighted by Crippen LogP contribution is 2.47. The molecule has 0 spiro atoms. The number of ether oxygens (including phenoxy) is 6. The molecule has 34 heteroatoms. The summed E-state index contributed by atoms with van der Waals surface area (Å²) in [5, 5.41) is 0. The molecule has 6 aliphatic rings. The van der Waals surface area contributed by atoms with Gasteiger partial charge in [0.05, 0.1) is 5.56 Å². The zero-order chi connectivity index (χ0) is 73.7. The van der Waals surface area contributed by atoms with Crippen molar-refractivity contribution in [2.45, 2.75) is 72.9 Å². The Morgan fingerprint density at radius 3 is 1.00 bits per heavy atom. The van der Waals surface area contributed by atoms with E-state index >= 15 is 0 Å². The van der Waals surface area contributed by atoms with Crippen molar-refractivity contribution in [2.75, 3.05) is 80.2 Å². The molecule has 540 valence electrons. The average Bonchev–Trinajstić information content (AvgIpc) is 0.801. The molecule has 0 saturated carbocycles. The van der Waals surface area contributed by atoms with Crippen molar-refractivity contribution in [3.05, 3.63) is 213 Å². The zero-order valence-electron chi connectivity index (χ0n) is 55.3. The third-order valence-electron chi connectivity index (χ3n) is 16.2. The molecule has 0 aromatic heterocycles. The summed E-state index contributed by atoms with van der Waals surface area (Å²) in [7, 11) is 8.57. The summed E-state index contributed by atoms with van der Waals surface area (Å²) >= 11 is 7.44. The lowest BCUT2D eigenvalue weighted by molar-refractivity contribution is -0.159. The van der Waals surface area contributed by atoms with E-state index in [4.69, 9.17) is 28.4 Å². The van der Waals surface area contributed by atoms with Gasteiger partial charge in [-0.15, -0.1) is 0 Å². The molecule has 100 heavy (non-hydrogen) atoms. The summed E-state index contributed by atoms with van der Waals surface area (Å²) in [5.41, 5.74) is 2.62. The summed E-state index contributed by atoms with van der Waals surface area (Å²) in [4.78, 5) is 69.4. The number of amides is 6. The van der Waals surface area contributed by atoms with Gasteiger partial charge in [-0.25, -0.2) is 43.9 Å². The predicted molar refractivity (Wildman–Crippen MR) is 362 cm³/mol. The summed E-state index contributed by atoms with van der Waals surface area (Å²) in [5.74, 6) is -7.82. The Balaban J connectivity index is 0.000000169. The molecular weight excluding hydrogens is 1450 g/mol. The number of carbonyl (C=O) groups is 6. The smallest absolute Gasteiger partial charge is 0.264 e. The van der Waals surface area contributed by atoms with Crippen LogP contribution in [-0.4, -0.2) is 178 Å². The maximum atomic E-state index is 13.6. The number of methoxy groups -OCH3 is 6. The zero-order valence-corrected chi connectivity index (χ0v) is 60.2. The van der Waals surface area contributed by atoms with Crippen LogP contribution in [-0.2, 0) is 57.2 Å². The normalized spacial score (nSPS) is 24.0. The van der Waals surface area contributed by atoms with Crippen molar-refractivity contribution in [1.82, 2.24) is 25.8 Å². The monoisotopic (exact) mass is 1520 g/mol. The molecule has 6 heterocycles. The Bertz CT molecular complexity index is 3770. The molecule has 0 bridgehead atoms. The molecule has 6 aromatic rings. The van der Waals surface area contributed by atoms with Crippen LogP contribution < -0.4 is 0 Å². The SMILES string of the molecule is COC1C(=O)N(SC)C1c1c(F)cccc1F.COC1C(=O)N(SC)C1c1cc(F)cc(F)c1.COC1C(=O)N(SC)C1c1ccc(F)c(F)c1.COC1C(=O)N(SC)C1c1ccc(F)cc1.COC1C(=O)N(SC)C1c1cccc(F)c1.COC1C(=O)N(SC)C1c1cccc(F)c1F. The van der Waals surface area contributed by atoms with E-state index in [-0.39, 0.29) is 76.3 Å². The van der Waals surface area contributed by atoms with E-state index < -0.39 is 101 Å². The number of hydrogen-bond donors (Lipinski definition) is 0. The second-order valence-electron chi connectivity index (χ2n) is 21.4. The van der Waals surface area contributed by atoms with Crippen LogP contribution in [0.5, 0.6) is 0 Å². The number of benzene rings is 6. The first-order chi connectivity index (χ1) is 47.8. The molecular formula is C66H68F10N6O12S6. The molecule has 18 nitrogen and oxygen atoms in total. The summed E-state index contributed by atoms with van der Waals surface area (Å²) in [6.45, 7) is 0. The van der Waals surface area contributed by atoms with E-state index in [9.17, 15) is 72.7 Å². The van der Waals surface area contributed by atoms with Gasteiger partial charge in [-0.1, -0.05) is 120 Å². The van der Waals surface area contributed by atoms with Crippen LogP contribution in [0.25, 0.3) is 0 Å². The molecule has 12 atom stereocenters. The molecule has 0 aliphatic carbocycles. The van der Waals surface area contributed by atoms with Crippen LogP contribution in [0.1, 0.15) is 69.6 Å². The third-order valence-corrected chi connectivity index (χ3v) is 21.0. The molecule has 0 N–H and O–H groups in total. The lowest BCUT2D eigenvalue weighted by Gasteiger charge is -2.44. The minimum absolute atomic E-state index is 0.0377. The van der Waals surface area contributed by atoms with Crippen molar-refractivity contribution in [2.24, 2.45) is 0 Å². The van der Waals surface area contributed by atoms with Gasteiger partial charge >= 0.3 is 0 Å². The Labute approximate surface area is 596 Å². The minimum atomic E-state index is -0.925. The van der Waals surface area contributed by atoms with Crippen LogP contribution in [0.2, 0.25) is 0 Å². The standard InChI is InChI=1S/4C11H11F2NO2S.2C11H12FNO2S/c1-16-10-9(14(17-2)11(10)15)6-3-7(12)5-8(13)4-6;1-16-10-9(14(17-2)11(10)15)6-3-4-7(12)8(13)5-6;1-16-10-9(14(17-2)11(10)15)8-6(12)4-3-5-7(8)13;1-16-10-9(14(17-2)11(10)15)6-4-3-5-7(12)8(6)13;1-15-10-9(13(16-2)11(10)14)7-3-5-8(12)6-4-7;1-15-10-9(13(16-2)11(10)14)7-4-3-5-8(12)6-7/h4*3-5,9-10H,1-2H3;2*3-6,9-10H,1-2H3. The van der Waals surface area contributed by atoms with E-state index in [1.807, 2.05) is 12.5 Å². The highest BCUT2D eigenvalue weighted by atomic mass is 32.2. The van der Waals surface area contributed by atoms with E-state index in [1.165, 1.54) is 192 Å². The number of halogens is 10. The topological polar surface area (TPSA) is 177 Å². The van der Waals surface area contributed by atoms with Crippen LogP contribution in [0.4, 0.5) is 43.9 Å². The van der Waals surface area contributed by atoms with Crippen LogP contribution in [0.15, 0.2) is 121 Å². The predicted octanol–water partition coefficient (Wildman–Crippen LogP) is 12.6. The van der Waals surface area contributed by atoms with Gasteiger partial charge in [0.25, 0.3) is 35.4 Å². The number of hydrogen-bond acceptors (Lipinski definition) is 18. The second-order valence-corrected chi connectivity index (χ2v) is 26.0. The van der Waals surface area contributed by atoms with Gasteiger partial charge in [-0.05, 0) is 89.0 Å². The first kappa shape index (κ1) is 80.6. The molecule has 0 radical (unpaired) electrons. The third kappa shape index (κ3) is 16.8. The maximum Gasteiger partial charge on any atom is 0.264 e. The largest absolute Gasteiger partial charge is 0.369 e. The molecule has 6 aliphatic heterocycles. The van der Waals surface area contributed by atoms with E-state index in [2.05, 4.69) is 0 Å². The van der Waals surface area contributed by atoms with Gasteiger partial charge < -0.3 is 28.4 Å². The van der Waals surface area contributed by atoms with Crippen LogP contribution in [0, 0.1) is 58.2 Å². The fourth-order valence-electron chi connectivity index (χ4n) is 11.4. The molecule has 6 amide bonds. The van der Waals surface area contributed by atoms with Crippen molar-refractivity contribution in [3.8, 4) is 0 Å². The van der Waals surface area contributed by atoms with Crippen molar-refractivity contribution in [1.29, 1.82) is 0 Å².